The Labute approximate surface area is 161 Å². The normalized spacial score (nSPS) is 22.2. The number of carbonyl (C=O) groups excluding carboxylic acids is 1. The van der Waals surface area contributed by atoms with Crippen LogP contribution in [0.25, 0.3) is 5.69 Å². The maximum Gasteiger partial charge on any atom is 0.241 e. The van der Waals surface area contributed by atoms with Crippen molar-refractivity contribution in [3.63, 3.8) is 0 Å². The molecule has 1 N–H and O–H groups in total. The molecule has 6 nitrogen and oxygen atoms in total. The van der Waals surface area contributed by atoms with Crippen molar-refractivity contribution in [3.05, 3.63) is 42.7 Å². The Hall–Kier alpha value is -2.18. The maximum atomic E-state index is 13.0. The van der Waals surface area contributed by atoms with E-state index in [1.807, 2.05) is 36.5 Å². The number of hydrogen-bond donors (Lipinski definition) is 1. The second kappa shape index (κ2) is 8.23. The van der Waals surface area contributed by atoms with E-state index in [4.69, 9.17) is 0 Å². The van der Waals surface area contributed by atoms with Crippen molar-refractivity contribution < 1.29 is 4.79 Å². The predicted molar refractivity (Wildman–Crippen MR) is 107 cm³/mol. The summed E-state index contributed by atoms with van der Waals surface area (Å²) >= 11 is 0. The molecule has 0 aliphatic carbocycles. The molecule has 27 heavy (non-hydrogen) atoms. The fraction of sp³-hybridized carbons (Fsp3) is 0.524. The molecule has 144 valence electrons. The van der Waals surface area contributed by atoms with Crippen LogP contribution in [0.1, 0.15) is 32.6 Å². The molecule has 2 aliphatic heterocycles. The third-order valence-corrected chi connectivity index (χ3v) is 5.95. The van der Waals surface area contributed by atoms with Crippen molar-refractivity contribution >= 4 is 11.6 Å². The van der Waals surface area contributed by atoms with E-state index >= 15 is 0 Å². The van der Waals surface area contributed by atoms with E-state index in [0.29, 0.717) is 6.04 Å². The van der Waals surface area contributed by atoms with Gasteiger partial charge >= 0.3 is 0 Å². The molecular formula is C21H29N5O. The van der Waals surface area contributed by atoms with E-state index in [2.05, 4.69) is 27.1 Å². The zero-order chi connectivity index (χ0) is 18.6. The molecule has 4 rings (SSSR count). The van der Waals surface area contributed by atoms with Gasteiger partial charge in [0.05, 0.1) is 11.7 Å². The molecule has 1 aromatic heterocycles. The Morgan fingerprint density at radius 1 is 1.19 bits per heavy atom. The number of likely N-dealkylation sites (tertiary alicyclic amines) is 2. The minimum atomic E-state index is -0.00321. The highest BCUT2D eigenvalue weighted by molar-refractivity contribution is 5.95. The summed E-state index contributed by atoms with van der Waals surface area (Å²) < 4.78 is 1.80. The van der Waals surface area contributed by atoms with Gasteiger partial charge in [0.15, 0.2) is 0 Å². The van der Waals surface area contributed by atoms with Gasteiger partial charge in [0, 0.05) is 24.1 Å². The van der Waals surface area contributed by atoms with Crippen LogP contribution in [0.3, 0.4) is 0 Å². The first-order chi connectivity index (χ1) is 13.2. The lowest BCUT2D eigenvalue weighted by Crippen LogP contribution is -2.50. The van der Waals surface area contributed by atoms with E-state index in [-0.39, 0.29) is 11.9 Å². The van der Waals surface area contributed by atoms with Crippen molar-refractivity contribution in [3.8, 4) is 5.69 Å². The lowest BCUT2D eigenvalue weighted by molar-refractivity contribution is -0.121. The summed E-state index contributed by atoms with van der Waals surface area (Å²) in [4.78, 5) is 18.0. The SMILES string of the molecule is CCN1CCC(N2CCC[C@@H]2C(=O)Nc2cccc(-n3cccn3)c2)CC1. The molecule has 0 unspecified atom stereocenters. The molecule has 2 fully saturated rings. The number of carbonyl (C=O) groups is 1. The van der Waals surface area contributed by atoms with Gasteiger partial charge in [-0.15, -0.1) is 0 Å². The van der Waals surface area contributed by atoms with Crippen LogP contribution in [0.5, 0.6) is 0 Å². The lowest BCUT2D eigenvalue weighted by atomic mass is 10.0. The van der Waals surface area contributed by atoms with Gasteiger partial charge in [-0.3, -0.25) is 9.69 Å². The number of piperidine rings is 1. The Balaban J connectivity index is 1.41. The van der Waals surface area contributed by atoms with Gasteiger partial charge in [-0.2, -0.15) is 5.10 Å². The van der Waals surface area contributed by atoms with Crippen molar-refractivity contribution in [2.45, 2.75) is 44.7 Å². The average Bonchev–Trinajstić information content (AvgIpc) is 3.40. The van der Waals surface area contributed by atoms with Gasteiger partial charge in [-0.1, -0.05) is 13.0 Å². The Bertz CT molecular complexity index is 752. The smallest absolute Gasteiger partial charge is 0.241 e. The van der Waals surface area contributed by atoms with E-state index in [0.717, 1.165) is 50.4 Å². The third kappa shape index (κ3) is 4.06. The summed E-state index contributed by atoms with van der Waals surface area (Å²) in [6.45, 7) is 6.70. The molecule has 0 saturated carbocycles. The van der Waals surface area contributed by atoms with Gasteiger partial charge in [0.25, 0.3) is 0 Å². The number of aromatic nitrogens is 2. The Kier molecular flexibility index (Phi) is 5.55. The third-order valence-electron chi connectivity index (χ3n) is 5.95. The minimum absolute atomic E-state index is 0.00321. The number of benzene rings is 1. The second-order valence-corrected chi connectivity index (χ2v) is 7.55. The summed E-state index contributed by atoms with van der Waals surface area (Å²) in [6.07, 6.45) is 8.07. The zero-order valence-electron chi connectivity index (χ0n) is 16.1. The quantitative estimate of drug-likeness (QED) is 0.883. The first-order valence-electron chi connectivity index (χ1n) is 10.1. The van der Waals surface area contributed by atoms with Crippen molar-refractivity contribution in [1.29, 1.82) is 0 Å². The molecule has 2 saturated heterocycles. The summed E-state index contributed by atoms with van der Waals surface area (Å²) in [5, 5.41) is 7.41. The number of hydrogen-bond acceptors (Lipinski definition) is 4. The second-order valence-electron chi connectivity index (χ2n) is 7.55. The first-order valence-corrected chi connectivity index (χ1v) is 10.1. The van der Waals surface area contributed by atoms with Crippen LogP contribution in [0, 0.1) is 0 Å². The molecular weight excluding hydrogens is 338 g/mol. The number of anilines is 1. The molecule has 1 atom stereocenters. The van der Waals surface area contributed by atoms with E-state index < -0.39 is 0 Å². The van der Waals surface area contributed by atoms with Crippen molar-refractivity contribution in [2.24, 2.45) is 0 Å². The summed E-state index contributed by atoms with van der Waals surface area (Å²) in [7, 11) is 0. The molecule has 2 aliphatic rings. The lowest BCUT2D eigenvalue weighted by Gasteiger charge is -2.38. The topological polar surface area (TPSA) is 53.4 Å². The fourth-order valence-electron chi connectivity index (χ4n) is 4.45. The van der Waals surface area contributed by atoms with Crippen LogP contribution < -0.4 is 5.32 Å². The molecule has 1 amide bonds. The number of amides is 1. The number of rotatable bonds is 5. The van der Waals surface area contributed by atoms with Gasteiger partial charge in [0.1, 0.15) is 0 Å². The summed E-state index contributed by atoms with van der Waals surface area (Å²) in [5.41, 5.74) is 1.79. The van der Waals surface area contributed by atoms with Crippen LogP contribution in [0.2, 0.25) is 0 Å². The maximum absolute atomic E-state index is 13.0. The zero-order valence-corrected chi connectivity index (χ0v) is 16.1. The minimum Gasteiger partial charge on any atom is -0.325 e. The average molecular weight is 367 g/mol. The van der Waals surface area contributed by atoms with Crippen LogP contribution >= 0.6 is 0 Å². The molecule has 6 heteroatoms. The molecule has 3 heterocycles. The predicted octanol–water partition coefficient (Wildman–Crippen LogP) is 2.76. The molecule has 1 aromatic carbocycles. The van der Waals surface area contributed by atoms with Gasteiger partial charge in [-0.25, -0.2) is 4.68 Å². The monoisotopic (exact) mass is 367 g/mol. The van der Waals surface area contributed by atoms with Gasteiger partial charge in [0.2, 0.25) is 5.91 Å². The van der Waals surface area contributed by atoms with E-state index in [9.17, 15) is 4.79 Å². The van der Waals surface area contributed by atoms with Gasteiger partial charge < -0.3 is 10.2 Å². The van der Waals surface area contributed by atoms with Crippen LogP contribution in [0.4, 0.5) is 5.69 Å². The first kappa shape index (κ1) is 18.2. The fourth-order valence-corrected chi connectivity index (χ4v) is 4.45. The van der Waals surface area contributed by atoms with Gasteiger partial charge in [-0.05, 0) is 76.1 Å². The molecule has 0 bridgehead atoms. The Morgan fingerprint density at radius 3 is 2.78 bits per heavy atom. The highest BCUT2D eigenvalue weighted by Gasteiger charge is 2.36. The highest BCUT2D eigenvalue weighted by atomic mass is 16.2. The number of nitrogens with one attached hydrogen (secondary N) is 1. The van der Waals surface area contributed by atoms with Crippen molar-refractivity contribution in [2.75, 3.05) is 31.5 Å². The summed E-state index contributed by atoms with van der Waals surface area (Å²) in [6, 6.07) is 10.3. The Morgan fingerprint density at radius 2 is 2.04 bits per heavy atom. The van der Waals surface area contributed by atoms with Crippen LogP contribution in [-0.4, -0.2) is 63.8 Å². The van der Waals surface area contributed by atoms with Crippen molar-refractivity contribution in [1.82, 2.24) is 19.6 Å². The largest absolute Gasteiger partial charge is 0.325 e. The standard InChI is InChI=1S/C21H29N5O/c1-2-24-14-9-18(10-15-24)25-12-4-8-20(25)21(27)23-17-6-3-7-19(16-17)26-13-5-11-22-26/h3,5-7,11,13,16,18,20H,2,4,8-10,12,14-15H2,1H3,(H,23,27)/t20-/m1/s1. The summed E-state index contributed by atoms with van der Waals surface area (Å²) in [5.74, 6) is 0.128. The number of nitrogens with zero attached hydrogens (tertiary/aromatic N) is 4. The van der Waals surface area contributed by atoms with Crippen LogP contribution in [0.15, 0.2) is 42.7 Å². The van der Waals surface area contributed by atoms with Crippen LogP contribution in [-0.2, 0) is 4.79 Å². The van der Waals surface area contributed by atoms with E-state index in [1.54, 1.807) is 10.9 Å². The molecule has 2 aromatic rings. The van der Waals surface area contributed by atoms with E-state index in [1.165, 1.54) is 12.8 Å². The molecule has 0 radical (unpaired) electrons. The highest BCUT2D eigenvalue weighted by Crippen LogP contribution is 2.27. The molecule has 0 spiro atoms.